The minimum atomic E-state index is 0.115. The van der Waals surface area contributed by atoms with E-state index in [1.807, 2.05) is 6.92 Å². The van der Waals surface area contributed by atoms with Gasteiger partial charge in [0.15, 0.2) is 0 Å². The molecular weight excluding hydrogens is 206 g/mol. The summed E-state index contributed by atoms with van der Waals surface area (Å²) in [5.41, 5.74) is 0. The van der Waals surface area contributed by atoms with Crippen molar-refractivity contribution in [1.82, 2.24) is 4.90 Å². The van der Waals surface area contributed by atoms with Crippen molar-refractivity contribution in [1.29, 1.82) is 0 Å². The van der Waals surface area contributed by atoms with E-state index in [1.165, 1.54) is 6.42 Å². The number of carbonyl (C=O) groups excluding carboxylic acids is 1. The average Bonchev–Trinajstić information content (AvgIpc) is 2.31. The van der Waals surface area contributed by atoms with Gasteiger partial charge in [-0.25, -0.2) is 0 Å². The van der Waals surface area contributed by atoms with Gasteiger partial charge in [0.25, 0.3) is 0 Å². The number of hydrogen-bond acceptors (Lipinski definition) is 3. The first-order chi connectivity index (χ1) is 7.77. The molecule has 1 unspecified atom stereocenters. The van der Waals surface area contributed by atoms with Crippen LogP contribution in [0.2, 0.25) is 0 Å². The number of aliphatic hydroxyl groups is 1. The molecule has 0 radical (unpaired) electrons. The summed E-state index contributed by atoms with van der Waals surface area (Å²) < 4.78 is 5.55. The van der Waals surface area contributed by atoms with Crippen LogP contribution in [0.4, 0.5) is 0 Å². The van der Waals surface area contributed by atoms with Crippen LogP contribution in [-0.4, -0.2) is 48.3 Å². The van der Waals surface area contributed by atoms with E-state index in [0.29, 0.717) is 25.9 Å². The molecule has 16 heavy (non-hydrogen) atoms. The maximum Gasteiger partial charge on any atom is 0.225 e. The lowest BCUT2D eigenvalue weighted by Crippen LogP contribution is -2.35. The molecule has 0 aromatic carbocycles. The van der Waals surface area contributed by atoms with E-state index in [-0.39, 0.29) is 18.6 Å². The van der Waals surface area contributed by atoms with Gasteiger partial charge in [0.05, 0.1) is 12.5 Å². The van der Waals surface area contributed by atoms with Crippen molar-refractivity contribution in [3.05, 3.63) is 0 Å². The van der Waals surface area contributed by atoms with Gasteiger partial charge in [0.1, 0.15) is 0 Å². The molecule has 1 saturated heterocycles. The zero-order valence-corrected chi connectivity index (χ0v) is 10.2. The summed E-state index contributed by atoms with van der Waals surface area (Å²) in [6, 6.07) is 0. The van der Waals surface area contributed by atoms with Crippen LogP contribution in [0.1, 0.15) is 39.0 Å². The predicted molar refractivity (Wildman–Crippen MR) is 62.2 cm³/mol. The molecule has 1 N–H and O–H groups in total. The Bertz CT molecular complexity index is 202. The van der Waals surface area contributed by atoms with Crippen LogP contribution < -0.4 is 0 Å². The van der Waals surface area contributed by atoms with Gasteiger partial charge < -0.3 is 14.7 Å². The van der Waals surface area contributed by atoms with Crippen molar-refractivity contribution in [2.75, 3.05) is 26.3 Å². The largest absolute Gasteiger partial charge is 0.396 e. The SMILES string of the molecule is CCN(CCCO)C(=O)CC1CCCCO1. The van der Waals surface area contributed by atoms with Crippen molar-refractivity contribution in [3.8, 4) is 0 Å². The lowest BCUT2D eigenvalue weighted by Gasteiger charge is -2.26. The minimum Gasteiger partial charge on any atom is -0.396 e. The average molecular weight is 229 g/mol. The Hall–Kier alpha value is -0.610. The summed E-state index contributed by atoms with van der Waals surface area (Å²) in [7, 11) is 0. The third-order valence-electron chi connectivity index (χ3n) is 3.00. The van der Waals surface area contributed by atoms with Gasteiger partial charge in [0, 0.05) is 26.3 Å². The van der Waals surface area contributed by atoms with Crippen molar-refractivity contribution in [2.45, 2.75) is 45.1 Å². The third-order valence-corrected chi connectivity index (χ3v) is 3.00. The van der Waals surface area contributed by atoms with Crippen molar-refractivity contribution >= 4 is 5.91 Å². The van der Waals surface area contributed by atoms with Gasteiger partial charge in [-0.05, 0) is 32.6 Å². The Labute approximate surface area is 97.6 Å². The Morgan fingerprint density at radius 2 is 2.31 bits per heavy atom. The highest BCUT2D eigenvalue weighted by atomic mass is 16.5. The molecule has 1 heterocycles. The van der Waals surface area contributed by atoms with E-state index < -0.39 is 0 Å². The molecule has 1 aliphatic heterocycles. The molecule has 94 valence electrons. The third kappa shape index (κ3) is 4.49. The predicted octanol–water partition coefficient (Wildman–Crippen LogP) is 1.18. The summed E-state index contributed by atoms with van der Waals surface area (Å²) in [4.78, 5) is 13.7. The second kappa shape index (κ2) is 7.63. The molecule has 1 aliphatic rings. The van der Waals surface area contributed by atoms with Crippen LogP contribution in [0.3, 0.4) is 0 Å². The standard InChI is InChI=1S/C12H23NO3/c1-2-13(7-5-8-14)12(15)10-11-6-3-4-9-16-11/h11,14H,2-10H2,1H3. The molecule has 0 aromatic rings. The quantitative estimate of drug-likeness (QED) is 0.744. The molecule has 1 fully saturated rings. The number of hydrogen-bond donors (Lipinski definition) is 1. The molecule has 0 spiro atoms. The fraction of sp³-hybridized carbons (Fsp3) is 0.917. The van der Waals surface area contributed by atoms with Crippen LogP contribution >= 0.6 is 0 Å². The summed E-state index contributed by atoms with van der Waals surface area (Å²) in [5.74, 6) is 0.155. The van der Waals surface area contributed by atoms with Crippen LogP contribution in [0.25, 0.3) is 0 Å². The Morgan fingerprint density at radius 1 is 1.50 bits per heavy atom. The van der Waals surface area contributed by atoms with Crippen LogP contribution in [-0.2, 0) is 9.53 Å². The van der Waals surface area contributed by atoms with Gasteiger partial charge in [0.2, 0.25) is 5.91 Å². The molecular formula is C12H23NO3. The summed E-state index contributed by atoms with van der Waals surface area (Å²) in [5, 5.41) is 8.75. The number of rotatable bonds is 6. The Morgan fingerprint density at radius 3 is 2.88 bits per heavy atom. The van der Waals surface area contributed by atoms with Gasteiger partial charge in [-0.3, -0.25) is 4.79 Å². The van der Waals surface area contributed by atoms with Gasteiger partial charge in [-0.1, -0.05) is 0 Å². The van der Waals surface area contributed by atoms with E-state index in [2.05, 4.69) is 0 Å². The number of nitrogens with zero attached hydrogens (tertiary/aromatic N) is 1. The number of aliphatic hydroxyl groups excluding tert-OH is 1. The van der Waals surface area contributed by atoms with Gasteiger partial charge >= 0.3 is 0 Å². The molecule has 1 rings (SSSR count). The highest BCUT2D eigenvalue weighted by Crippen LogP contribution is 2.16. The molecule has 4 nitrogen and oxygen atoms in total. The summed E-state index contributed by atoms with van der Waals surface area (Å²) in [6.45, 7) is 4.27. The van der Waals surface area contributed by atoms with E-state index >= 15 is 0 Å². The van der Waals surface area contributed by atoms with Crippen molar-refractivity contribution in [2.24, 2.45) is 0 Å². The fourth-order valence-electron chi connectivity index (χ4n) is 2.01. The van der Waals surface area contributed by atoms with Gasteiger partial charge in [-0.2, -0.15) is 0 Å². The first-order valence-electron chi connectivity index (χ1n) is 6.28. The van der Waals surface area contributed by atoms with Gasteiger partial charge in [-0.15, -0.1) is 0 Å². The number of carbonyl (C=O) groups is 1. The lowest BCUT2D eigenvalue weighted by molar-refractivity contribution is -0.135. The highest BCUT2D eigenvalue weighted by Gasteiger charge is 2.20. The first kappa shape index (κ1) is 13.5. The van der Waals surface area contributed by atoms with Crippen molar-refractivity contribution < 1.29 is 14.6 Å². The van der Waals surface area contributed by atoms with Crippen LogP contribution in [0.5, 0.6) is 0 Å². The minimum absolute atomic E-state index is 0.115. The monoisotopic (exact) mass is 229 g/mol. The topological polar surface area (TPSA) is 49.8 Å². The van der Waals surface area contributed by atoms with Crippen molar-refractivity contribution in [3.63, 3.8) is 0 Å². The molecule has 1 atom stereocenters. The Balaban J connectivity index is 2.29. The maximum atomic E-state index is 11.9. The van der Waals surface area contributed by atoms with E-state index in [0.717, 1.165) is 19.4 Å². The number of ether oxygens (including phenoxy) is 1. The van der Waals surface area contributed by atoms with Crippen LogP contribution in [0.15, 0.2) is 0 Å². The second-order valence-electron chi connectivity index (χ2n) is 4.24. The molecule has 1 amide bonds. The fourth-order valence-corrected chi connectivity index (χ4v) is 2.01. The highest BCUT2D eigenvalue weighted by molar-refractivity contribution is 5.76. The van der Waals surface area contributed by atoms with E-state index in [9.17, 15) is 4.79 Å². The lowest BCUT2D eigenvalue weighted by atomic mass is 10.1. The summed E-state index contributed by atoms with van der Waals surface area (Å²) >= 11 is 0. The van der Waals surface area contributed by atoms with E-state index in [1.54, 1.807) is 4.90 Å². The van der Waals surface area contributed by atoms with Crippen LogP contribution in [0, 0.1) is 0 Å². The first-order valence-corrected chi connectivity index (χ1v) is 6.28. The number of amides is 1. The zero-order valence-electron chi connectivity index (χ0n) is 10.2. The molecule has 0 aliphatic carbocycles. The van der Waals surface area contributed by atoms with E-state index in [4.69, 9.17) is 9.84 Å². The normalized spacial score (nSPS) is 20.8. The second-order valence-corrected chi connectivity index (χ2v) is 4.24. The maximum absolute atomic E-state index is 11.9. The smallest absolute Gasteiger partial charge is 0.225 e. The Kier molecular flexibility index (Phi) is 6.42. The molecule has 0 bridgehead atoms. The molecule has 0 aromatic heterocycles. The summed E-state index contributed by atoms with van der Waals surface area (Å²) in [6.07, 6.45) is 4.56. The molecule has 4 heteroatoms. The zero-order chi connectivity index (χ0) is 11.8. The molecule has 0 saturated carbocycles.